The molecule has 3 aromatic heterocycles. The SMILES string of the molecule is CC(c1ccc(-n2cncn2)cc1)N(C)C(=O)c1cccc(OCc2cn3ccccc3n2)c1. The third-order valence-electron chi connectivity index (χ3n) is 5.84. The first-order chi connectivity index (χ1) is 16.6. The number of aromatic nitrogens is 5. The molecule has 2 aromatic carbocycles. The van der Waals surface area contributed by atoms with Gasteiger partial charge in [0.1, 0.15) is 30.7 Å². The first-order valence-corrected chi connectivity index (χ1v) is 11.0. The topological polar surface area (TPSA) is 77.5 Å². The van der Waals surface area contributed by atoms with Crippen LogP contribution < -0.4 is 4.74 Å². The summed E-state index contributed by atoms with van der Waals surface area (Å²) in [5, 5.41) is 4.14. The van der Waals surface area contributed by atoms with E-state index in [1.54, 1.807) is 28.0 Å². The lowest BCUT2D eigenvalue weighted by Gasteiger charge is -2.26. The van der Waals surface area contributed by atoms with Crippen molar-refractivity contribution in [2.45, 2.75) is 19.6 Å². The van der Waals surface area contributed by atoms with E-state index in [4.69, 9.17) is 4.74 Å². The van der Waals surface area contributed by atoms with Crippen molar-refractivity contribution in [3.63, 3.8) is 0 Å². The van der Waals surface area contributed by atoms with Gasteiger partial charge in [0.15, 0.2) is 0 Å². The van der Waals surface area contributed by atoms with Crippen molar-refractivity contribution in [2.24, 2.45) is 0 Å². The maximum Gasteiger partial charge on any atom is 0.254 e. The third-order valence-corrected chi connectivity index (χ3v) is 5.84. The minimum Gasteiger partial charge on any atom is -0.487 e. The van der Waals surface area contributed by atoms with Crippen molar-refractivity contribution < 1.29 is 9.53 Å². The Labute approximate surface area is 197 Å². The van der Waals surface area contributed by atoms with E-state index in [0.29, 0.717) is 17.9 Å². The summed E-state index contributed by atoms with van der Waals surface area (Å²) in [5.74, 6) is 0.548. The molecular weight excluding hydrogens is 428 g/mol. The van der Waals surface area contributed by atoms with Gasteiger partial charge in [-0.15, -0.1) is 0 Å². The van der Waals surface area contributed by atoms with E-state index in [0.717, 1.165) is 22.6 Å². The zero-order valence-corrected chi connectivity index (χ0v) is 18.9. The van der Waals surface area contributed by atoms with Gasteiger partial charge in [-0.05, 0) is 55.0 Å². The zero-order valence-electron chi connectivity index (χ0n) is 18.9. The average molecular weight is 453 g/mol. The number of benzene rings is 2. The van der Waals surface area contributed by atoms with Gasteiger partial charge in [0.25, 0.3) is 5.91 Å². The zero-order chi connectivity index (χ0) is 23.5. The van der Waals surface area contributed by atoms with E-state index in [2.05, 4.69) is 15.1 Å². The Balaban J connectivity index is 1.25. The summed E-state index contributed by atoms with van der Waals surface area (Å²) in [7, 11) is 1.81. The summed E-state index contributed by atoms with van der Waals surface area (Å²) in [6, 6.07) is 20.9. The highest BCUT2D eigenvalue weighted by Crippen LogP contribution is 2.23. The summed E-state index contributed by atoms with van der Waals surface area (Å²) in [4.78, 5) is 23.4. The second-order valence-electron chi connectivity index (χ2n) is 8.04. The molecule has 0 aliphatic heterocycles. The highest BCUT2D eigenvalue weighted by Gasteiger charge is 2.19. The van der Waals surface area contributed by atoms with Crippen LogP contribution in [0.2, 0.25) is 0 Å². The number of hydrogen-bond acceptors (Lipinski definition) is 5. The number of ether oxygens (including phenoxy) is 1. The van der Waals surface area contributed by atoms with E-state index in [-0.39, 0.29) is 11.9 Å². The molecule has 8 nitrogen and oxygen atoms in total. The van der Waals surface area contributed by atoms with Crippen molar-refractivity contribution in [1.29, 1.82) is 0 Å². The van der Waals surface area contributed by atoms with Crippen LogP contribution in [0.25, 0.3) is 11.3 Å². The number of amides is 1. The Morgan fingerprint density at radius 1 is 1.09 bits per heavy atom. The van der Waals surface area contributed by atoms with E-state index in [9.17, 15) is 4.79 Å². The fraction of sp³-hybridized carbons (Fsp3) is 0.154. The standard InChI is InChI=1S/C26H24N6O2/c1-19(20-9-11-23(12-10-20)32-18-27-17-28-32)30(2)26(33)21-6-5-7-24(14-21)34-16-22-15-31-13-4-3-8-25(31)29-22/h3-15,17-19H,16H2,1-2H3. The Morgan fingerprint density at radius 2 is 1.94 bits per heavy atom. The fourth-order valence-corrected chi connectivity index (χ4v) is 3.78. The minimum absolute atomic E-state index is 0.0777. The van der Waals surface area contributed by atoms with Crippen LogP contribution in [0.5, 0.6) is 5.75 Å². The van der Waals surface area contributed by atoms with Gasteiger partial charge < -0.3 is 14.0 Å². The van der Waals surface area contributed by atoms with Crippen LogP contribution in [0.15, 0.2) is 91.8 Å². The van der Waals surface area contributed by atoms with Crippen molar-refractivity contribution in [2.75, 3.05) is 7.05 Å². The molecule has 8 heteroatoms. The molecule has 0 saturated carbocycles. The van der Waals surface area contributed by atoms with E-state index in [1.807, 2.05) is 85.4 Å². The summed E-state index contributed by atoms with van der Waals surface area (Å²) >= 11 is 0. The molecule has 1 atom stereocenters. The molecule has 0 fully saturated rings. The molecule has 34 heavy (non-hydrogen) atoms. The van der Waals surface area contributed by atoms with Crippen LogP contribution in [0.3, 0.4) is 0 Å². The van der Waals surface area contributed by atoms with Crippen LogP contribution >= 0.6 is 0 Å². The molecule has 3 heterocycles. The van der Waals surface area contributed by atoms with Crippen molar-refractivity contribution in [1.82, 2.24) is 29.0 Å². The lowest BCUT2D eigenvalue weighted by atomic mass is 10.1. The monoisotopic (exact) mass is 452 g/mol. The number of carbonyl (C=O) groups is 1. The van der Waals surface area contributed by atoms with Crippen LogP contribution in [-0.4, -0.2) is 42.0 Å². The molecule has 0 aliphatic rings. The first-order valence-electron chi connectivity index (χ1n) is 11.0. The minimum atomic E-state index is -0.111. The quantitative estimate of drug-likeness (QED) is 0.367. The molecule has 0 spiro atoms. The summed E-state index contributed by atoms with van der Waals surface area (Å²) in [5.41, 5.74) is 4.20. The van der Waals surface area contributed by atoms with Gasteiger partial charge in [0.05, 0.1) is 17.4 Å². The van der Waals surface area contributed by atoms with E-state index in [1.165, 1.54) is 6.33 Å². The highest BCUT2D eigenvalue weighted by atomic mass is 16.5. The smallest absolute Gasteiger partial charge is 0.254 e. The summed E-state index contributed by atoms with van der Waals surface area (Å²) < 4.78 is 9.57. The van der Waals surface area contributed by atoms with Crippen molar-refractivity contribution in [3.8, 4) is 11.4 Å². The second kappa shape index (κ2) is 9.19. The molecule has 0 radical (unpaired) electrons. The molecule has 1 amide bonds. The lowest BCUT2D eigenvalue weighted by Crippen LogP contribution is -2.29. The van der Waals surface area contributed by atoms with Crippen LogP contribution in [-0.2, 0) is 6.61 Å². The molecule has 1 unspecified atom stereocenters. The normalized spacial score (nSPS) is 11.9. The maximum atomic E-state index is 13.2. The predicted molar refractivity (Wildman–Crippen MR) is 128 cm³/mol. The van der Waals surface area contributed by atoms with Gasteiger partial charge in [-0.2, -0.15) is 5.10 Å². The molecular formula is C26H24N6O2. The van der Waals surface area contributed by atoms with Crippen molar-refractivity contribution in [3.05, 3.63) is 109 Å². The van der Waals surface area contributed by atoms with Crippen molar-refractivity contribution >= 4 is 11.6 Å². The third kappa shape index (κ3) is 4.38. The molecule has 0 N–H and O–H groups in total. The van der Waals surface area contributed by atoms with Gasteiger partial charge in [0.2, 0.25) is 0 Å². The van der Waals surface area contributed by atoms with Gasteiger partial charge in [-0.25, -0.2) is 14.6 Å². The second-order valence-corrected chi connectivity index (χ2v) is 8.04. The Kier molecular flexibility index (Phi) is 5.78. The van der Waals surface area contributed by atoms with Gasteiger partial charge in [-0.1, -0.05) is 24.3 Å². The fourth-order valence-electron chi connectivity index (χ4n) is 3.78. The Bertz CT molecular complexity index is 1380. The average Bonchev–Trinajstić information content (AvgIpc) is 3.56. The van der Waals surface area contributed by atoms with Crippen LogP contribution in [0.4, 0.5) is 0 Å². The number of hydrogen-bond donors (Lipinski definition) is 0. The number of carbonyl (C=O) groups excluding carboxylic acids is 1. The molecule has 5 rings (SSSR count). The Morgan fingerprint density at radius 3 is 2.71 bits per heavy atom. The lowest BCUT2D eigenvalue weighted by molar-refractivity contribution is 0.0742. The van der Waals surface area contributed by atoms with E-state index < -0.39 is 0 Å². The number of nitrogens with zero attached hydrogens (tertiary/aromatic N) is 6. The molecule has 170 valence electrons. The Hall–Kier alpha value is -4.46. The van der Waals surface area contributed by atoms with Crippen LogP contribution in [0.1, 0.15) is 34.6 Å². The molecule has 0 bridgehead atoms. The van der Waals surface area contributed by atoms with Gasteiger partial charge in [0, 0.05) is 25.0 Å². The predicted octanol–water partition coefficient (Wildman–Crippen LogP) is 4.33. The maximum absolute atomic E-state index is 13.2. The number of pyridine rings is 1. The number of fused-ring (bicyclic) bond motifs is 1. The summed E-state index contributed by atoms with van der Waals surface area (Å²) in [6.07, 6.45) is 7.04. The largest absolute Gasteiger partial charge is 0.487 e. The van der Waals surface area contributed by atoms with Gasteiger partial charge >= 0.3 is 0 Å². The number of rotatable bonds is 7. The molecule has 0 saturated heterocycles. The number of imidazole rings is 1. The van der Waals surface area contributed by atoms with E-state index >= 15 is 0 Å². The summed E-state index contributed by atoms with van der Waals surface area (Å²) in [6.45, 7) is 2.33. The van der Waals surface area contributed by atoms with Gasteiger partial charge in [-0.3, -0.25) is 4.79 Å². The molecule has 5 aromatic rings. The first kappa shape index (κ1) is 21.4. The molecule has 0 aliphatic carbocycles. The highest BCUT2D eigenvalue weighted by molar-refractivity contribution is 5.94. The van der Waals surface area contributed by atoms with Crippen LogP contribution in [0, 0.1) is 0 Å².